The Morgan fingerprint density at radius 3 is 0.375 bits per heavy atom. The smallest absolute Gasteiger partial charge is 0 e. The van der Waals surface area contributed by atoms with Crippen LogP contribution in [0, 0.1) is 0 Å². The van der Waals surface area contributed by atoms with Crippen LogP contribution in [0.3, 0.4) is 0 Å². The molecule has 0 aromatic heterocycles. The maximum Gasteiger partial charge on any atom is 0 e. The Balaban J connectivity index is 0. The molecule has 8 heavy (non-hydrogen) atoms. The summed E-state index contributed by atoms with van der Waals surface area (Å²) in [7, 11) is 0. The van der Waals surface area contributed by atoms with Crippen LogP contribution in [0.1, 0.15) is 0 Å². The molecule has 0 aliphatic heterocycles. The van der Waals surface area contributed by atoms with Crippen molar-refractivity contribution >= 4 is 39.6 Å². The van der Waals surface area contributed by atoms with Crippen molar-refractivity contribution in [3.63, 3.8) is 0 Å². The van der Waals surface area contributed by atoms with E-state index in [2.05, 4.69) is 0 Å². The van der Waals surface area contributed by atoms with Crippen LogP contribution < -0.4 is 0 Å². The van der Waals surface area contributed by atoms with Gasteiger partial charge in [0, 0.05) is 40.8 Å². The summed E-state index contributed by atoms with van der Waals surface area (Å²) in [5.41, 5.74) is 0. The van der Waals surface area contributed by atoms with Crippen LogP contribution in [0.2, 0.25) is 0 Å². The van der Waals surface area contributed by atoms with Crippen LogP contribution in [0.25, 0.3) is 0 Å². The fraction of sp³-hybridized carbons (Fsp3) is 0. The zero-order valence-electron chi connectivity index (χ0n) is 4.46. The molecule has 0 bridgehead atoms. The van der Waals surface area contributed by atoms with Crippen molar-refractivity contribution < 1.29 is 51.8 Å². The molecule has 0 heterocycles. The third kappa shape index (κ3) is 64.7. The van der Waals surface area contributed by atoms with Gasteiger partial charge in [-0.3, -0.25) is 0 Å². The summed E-state index contributed by atoms with van der Waals surface area (Å²) in [6.45, 7) is 0. The Morgan fingerprint density at radius 2 is 0.375 bits per heavy atom. The number of hydrogen-bond acceptors (Lipinski definition) is 0. The van der Waals surface area contributed by atoms with E-state index in [-0.39, 0.29) is 91.4 Å². The van der Waals surface area contributed by atoms with Crippen LogP contribution in [-0.2, 0) is 40.8 Å². The summed E-state index contributed by atoms with van der Waals surface area (Å²) in [5, 5.41) is 0. The molecular formula is H16O2P4Pd2. The first-order valence-electron chi connectivity index (χ1n) is 0. The van der Waals surface area contributed by atoms with E-state index in [4.69, 9.17) is 0 Å². The Morgan fingerprint density at radius 1 is 0.375 bits per heavy atom. The van der Waals surface area contributed by atoms with Crippen LogP contribution in [0.15, 0.2) is 0 Å². The fourth-order valence-electron chi connectivity index (χ4n) is 0. The van der Waals surface area contributed by atoms with Crippen molar-refractivity contribution in [3.05, 3.63) is 0 Å². The van der Waals surface area contributed by atoms with Crippen LogP contribution >= 0.6 is 39.6 Å². The number of rotatable bonds is 0. The Hall–Kier alpha value is 2.96. The molecule has 4 unspecified atom stereocenters. The topological polar surface area (TPSA) is 63.0 Å². The molecule has 0 saturated heterocycles. The van der Waals surface area contributed by atoms with Crippen LogP contribution in [0.4, 0.5) is 0 Å². The van der Waals surface area contributed by atoms with Gasteiger partial charge in [0.2, 0.25) is 0 Å². The normalized spacial score (nSPS) is 0. The van der Waals surface area contributed by atoms with E-state index in [9.17, 15) is 0 Å². The van der Waals surface area contributed by atoms with Crippen molar-refractivity contribution in [2.45, 2.75) is 0 Å². The zero-order valence-corrected chi connectivity index (χ0v) is 13.2. The molecular weight excluding hydrogens is 369 g/mol. The first kappa shape index (κ1) is 124. The zero-order chi connectivity index (χ0) is 0. The molecule has 0 aliphatic rings. The van der Waals surface area contributed by atoms with E-state index in [1.165, 1.54) is 0 Å². The van der Waals surface area contributed by atoms with Crippen molar-refractivity contribution in [1.29, 1.82) is 0 Å². The molecule has 0 radical (unpaired) electrons. The van der Waals surface area contributed by atoms with E-state index in [1.54, 1.807) is 0 Å². The van der Waals surface area contributed by atoms with E-state index < -0.39 is 0 Å². The molecule has 0 aromatic rings. The van der Waals surface area contributed by atoms with Gasteiger partial charge in [-0.15, -0.1) is 0 Å². The van der Waals surface area contributed by atoms with Gasteiger partial charge in [0.15, 0.2) is 0 Å². The van der Waals surface area contributed by atoms with Gasteiger partial charge < -0.3 is 11.0 Å². The SMILES string of the molecule is O.O.P.P.P.P.[Pd].[Pd]. The summed E-state index contributed by atoms with van der Waals surface area (Å²) in [4.78, 5) is 0. The minimum Gasteiger partial charge on any atom is -0.412 e. The maximum absolute atomic E-state index is 0. The van der Waals surface area contributed by atoms with Crippen molar-refractivity contribution in [2.75, 3.05) is 0 Å². The second-order valence-corrected chi connectivity index (χ2v) is 0. The van der Waals surface area contributed by atoms with Gasteiger partial charge in [0.1, 0.15) is 0 Å². The standard InChI is InChI=1S/2H2O.4H3P.2Pd/h2*1H2;4*1H3;;. The molecule has 0 aliphatic carbocycles. The first-order chi connectivity index (χ1) is 0. The average Bonchev–Trinajstić information content (AvgIpc) is 0. The fourth-order valence-corrected chi connectivity index (χ4v) is 0. The van der Waals surface area contributed by atoms with Crippen molar-refractivity contribution in [3.8, 4) is 0 Å². The monoisotopic (exact) mass is 384 g/mol. The summed E-state index contributed by atoms with van der Waals surface area (Å²) in [5.74, 6) is 0. The Bertz CT molecular complexity index is 12.0. The van der Waals surface area contributed by atoms with Gasteiger partial charge in [-0.2, -0.15) is 39.6 Å². The largest absolute Gasteiger partial charge is 0.412 e. The molecule has 4 N–H and O–H groups in total. The van der Waals surface area contributed by atoms with E-state index in [1.807, 2.05) is 0 Å². The second kappa shape index (κ2) is 91.1. The third-order valence-electron chi connectivity index (χ3n) is 0. The van der Waals surface area contributed by atoms with Gasteiger partial charge in [0.05, 0.1) is 0 Å². The summed E-state index contributed by atoms with van der Waals surface area (Å²) >= 11 is 0. The first-order valence-corrected chi connectivity index (χ1v) is 0. The number of hydrogen-bond donors (Lipinski definition) is 0. The second-order valence-electron chi connectivity index (χ2n) is 0. The molecule has 0 rings (SSSR count). The van der Waals surface area contributed by atoms with Crippen molar-refractivity contribution in [2.24, 2.45) is 0 Å². The van der Waals surface area contributed by atoms with E-state index in [0.29, 0.717) is 0 Å². The molecule has 0 fully saturated rings. The Kier molecular flexibility index (Phi) is 1410. The van der Waals surface area contributed by atoms with Gasteiger partial charge in [0.25, 0.3) is 0 Å². The minimum atomic E-state index is 0. The molecule has 68 valence electrons. The van der Waals surface area contributed by atoms with Crippen molar-refractivity contribution in [1.82, 2.24) is 0 Å². The quantitative estimate of drug-likeness (QED) is 0.363. The van der Waals surface area contributed by atoms with Gasteiger partial charge in [-0.25, -0.2) is 0 Å². The molecule has 0 aromatic carbocycles. The molecule has 0 spiro atoms. The predicted molar refractivity (Wildman–Crippen MR) is 51.6 cm³/mol. The molecule has 8 heteroatoms. The molecule has 0 saturated carbocycles. The molecule has 0 amide bonds. The third-order valence-corrected chi connectivity index (χ3v) is 0. The molecule has 2 nitrogen and oxygen atoms in total. The van der Waals surface area contributed by atoms with Crippen LogP contribution in [-0.4, -0.2) is 11.0 Å². The maximum atomic E-state index is 0. The minimum absolute atomic E-state index is 0. The van der Waals surface area contributed by atoms with Gasteiger partial charge >= 0.3 is 0 Å². The summed E-state index contributed by atoms with van der Waals surface area (Å²) in [6, 6.07) is 0. The van der Waals surface area contributed by atoms with E-state index >= 15 is 0 Å². The van der Waals surface area contributed by atoms with E-state index in [0.717, 1.165) is 0 Å². The Labute approximate surface area is 90.9 Å². The molecule has 4 atom stereocenters. The predicted octanol–water partition coefficient (Wildman–Crippen LogP) is -1.42. The summed E-state index contributed by atoms with van der Waals surface area (Å²) < 4.78 is 0. The van der Waals surface area contributed by atoms with Gasteiger partial charge in [-0.05, 0) is 0 Å². The average molecular weight is 385 g/mol. The van der Waals surface area contributed by atoms with Crippen LogP contribution in [0.5, 0.6) is 0 Å². The van der Waals surface area contributed by atoms with Gasteiger partial charge in [-0.1, -0.05) is 0 Å². The summed E-state index contributed by atoms with van der Waals surface area (Å²) in [6.07, 6.45) is 0.